The Kier molecular flexibility index (Phi) is 17.0. The summed E-state index contributed by atoms with van der Waals surface area (Å²) in [5, 5.41) is 10.1. The molecule has 0 radical (unpaired) electrons. The summed E-state index contributed by atoms with van der Waals surface area (Å²) in [4.78, 5) is 0. The third-order valence-corrected chi connectivity index (χ3v) is 14.9. The molecule has 0 atom stereocenters. The average molecular weight is 431 g/mol. The molecule has 0 saturated carbocycles. The second-order valence-corrected chi connectivity index (χ2v) is 14.3. The maximum atomic E-state index is 5.73. The molecule has 0 aliphatic rings. The van der Waals surface area contributed by atoms with Crippen molar-refractivity contribution in [3.8, 4) is 0 Å². The zero-order valence-electron chi connectivity index (χ0n) is 14.5. The van der Waals surface area contributed by atoms with Crippen LogP contribution >= 0.6 is 40.7 Å². The second-order valence-electron chi connectivity index (χ2n) is 3.89. The number of nitrogens with zero attached hydrogens (tertiary/aromatic N) is 3. The van der Waals surface area contributed by atoms with Crippen LogP contribution in [0.5, 0.6) is 0 Å². The summed E-state index contributed by atoms with van der Waals surface area (Å²) in [7, 11) is 4.45. The highest BCUT2D eigenvalue weighted by atomic mass is 33.7. The molecule has 0 aliphatic carbocycles. The van der Waals surface area contributed by atoms with Gasteiger partial charge in [0.1, 0.15) is 5.82 Å². The van der Waals surface area contributed by atoms with Gasteiger partial charge in [-0.3, -0.25) is 0 Å². The third-order valence-electron chi connectivity index (χ3n) is 1.99. The fourth-order valence-corrected chi connectivity index (χ4v) is 15.2. The van der Waals surface area contributed by atoms with Gasteiger partial charge in [0.2, 0.25) is 0 Å². The van der Waals surface area contributed by atoms with Crippen LogP contribution in [0.4, 0.5) is 5.82 Å². The number of nitrogen functional groups attached to an aromatic ring is 1. The standard InChI is InChI=1S/C9H22O3S4Si.C3H4N4/c1-5-9-13-14-15-16-17(10-6-2,11-7-3)12-8-4;4-3-1-2-5-7-6-3/h5-9H2,1-4H3;1-2H,(H2,4,5,6). The second kappa shape index (κ2) is 16.8. The van der Waals surface area contributed by atoms with Crippen LogP contribution in [0.3, 0.4) is 0 Å². The van der Waals surface area contributed by atoms with Gasteiger partial charge in [-0.05, 0) is 62.3 Å². The van der Waals surface area contributed by atoms with E-state index in [-0.39, 0.29) is 0 Å². The van der Waals surface area contributed by atoms with E-state index in [0.717, 1.165) is 0 Å². The summed E-state index contributed by atoms with van der Waals surface area (Å²) in [6.45, 7) is 10.0. The predicted molar refractivity (Wildman–Crippen MR) is 110 cm³/mol. The highest BCUT2D eigenvalue weighted by molar-refractivity contribution is 9.28. The number of anilines is 1. The predicted octanol–water partition coefficient (Wildman–Crippen LogP) is 4.07. The van der Waals surface area contributed by atoms with Crippen LogP contribution in [0.2, 0.25) is 0 Å². The first-order valence-corrected chi connectivity index (χ1v) is 15.0. The van der Waals surface area contributed by atoms with Crippen LogP contribution < -0.4 is 5.73 Å². The molecule has 0 spiro atoms. The summed E-state index contributed by atoms with van der Waals surface area (Å²) in [6, 6.07) is 1.58. The largest absolute Gasteiger partial charge is 0.585 e. The molecule has 1 rings (SSSR count). The minimum absolute atomic E-state index is 0.398. The van der Waals surface area contributed by atoms with Crippen LogP contribution in [-0.2, 0) is 13.3 Å². The molecule has 7 nitrogen and oxygen atoms in total. The van der Waals surface area contributed by atoms with Gasteiger partial charge in [0.25, 0.3) is 0 Å². The zero-order chi connectivity index (χ0) is 18.1. The molecule has 0 amide bonds. The number of hydrogen-bond acceptors (Lipinski definition) is 11. The normalized spacial score (nSPS) is 11.0. The average Bonchev–Trinajstić information content (AvgIpc) is 2.57. The Morgan fingerprint density at radius 3 is 2.04 bits per heavy atom. The molecule has 12 heteroatoms. The van der Waals surface area contributed by atoms with Crippen molar-refractivity contribution in [3.05, 3.63) is 12.3 Å². The lowest BCUT2D eigenvalue weighted by Gasteiger charge is -2.25. The van der Waals surface area contributed by atoms with E-state index in [1.165, 1.54) is 18.4 Å². The first-order chi connectivity index (χ1) is 11.6. The molecule has 0 fully saturated rings. The van der Waals surface area contributed by atoms with Crippen molar-refractivity contribution < 1.29 is 13.3 Å². The van der Waals surface area contributed by atoms with Crippen molar-refractivity contribution in [3.63, 3.8) is 0 Å². The van der Waals surface area contributed by atoms with E-state index in [9.17, 15) is 0 Å². The maximum absolute atomic E-state index is 5.73. The Morgan fingerprint density at radius 2 is 1.67 bits per heavy atom. The van der Waals surface area contributed by atoms with Crippen LogP contribution in [0.15, 0.2) is 12.3 Å². The topological polar surface area (TPSA) is 92.4 Å². The van der Waals surface area contributed by atoms with E-state index in [2.05, 4.69) is 22.3 Å². The van der Waals surface area contributed by atoms with Crippen molar-refractivity contribution in [1.82, 2.24) is 15.4 Å². The minimum Gasteiger partial charge on any atom is -0.382 e. The molecule has 0 bridgehead atoms. The fourth-order valence-electron chi connectivity index (χ4n) is 1.17. The third kappa shape index (κ3) is 12.6. The zero-order valence-corrected chi connectivity index (χ0v) is 18.7. The minimum atomic E-state index is -2.51. The van der Waals surface area contributed by atoms with Gasteiger partial charge in [-0.25, -0.2) is 0 Å². The van der Waals surface area contributed by atoms with Gasteiger partial charge in [-0.2, -0.15) is 0 Å². The quantitative estimate of drug-likeness (QED) is 0.295. The van der Waals surface area contributed by atoms with Crippen LogP contribution in [0, 0.1) is 0 Å². The van der Waals surface area contributed by atoms with Gasteiger partial charge in [0.15, 0.2) is 0 Å². The molecular formula is C12H26N4O3S4Si. The molecule has 140 valence electrons. The Balaban J connectivity index is 0.000000620. The van der Waals surface area contributed by atoms with Gasteiger partial charge < -0.3 is 19.0 Å². The maximum Gasteiger partial charge on any atom is 0.585 e. The lowest BCUT2D eigenvalue weighted by atomic mass is 10.6. The van der Waals surface area contributed by atoms with E-state index < -0.39 is 7.95 Å². The number of rotatable bonds is 12. The number of hydrogen-bond donors (Lipinski definition) is 1. The van der Waals surface area contributed by atoms with Gasteiger partial charge in [0, 0.05) is 31.6 Å². The molecule has 1 heterocycles. The molecule has 1 aromatic rings. The Morgan fingerprint density at radius 1 is 1.04 bits per heavy atom. The van der Waals surface area contributed by atoms with Gasteiger partial charge in [0.05, 0.1) is 6.20 Å². The van der Waals surface area contributed by atoms with E-state index in [4.69, 9.17) is 19.0 Å². The SMILES string of the molecule is CCCSSSS[Si](OCC)(OCC)OCC.Nc1ccnnn1. The lowest BCUT2D eigenvalue weighted by molar-refractivity contribution is 0.0971. The van der Waals surface area contributed by atoms with E-state index in [1.807, 2.05) is 31.6 Å². The van der Waals surface area contributed by atoms with Crippen LogP contribution in [0.25, 0.3) is 0 Å². The van der Waals surface area contributed by atoms with Crippen LogP contribution in [-0.4, -0.2) is 48.9 Å². The number of aromatic nitrogens is 3. The number of nitrogens with two attached hydrogens (primary N) is 1. The van der Waals surface area contributed by atoms with E-state index in [0.29, 0.717) is 25.6 Å². The fraction of sp³-hybridized carbons (Fsp3) is 0.750. The van der Waals surface area contributed by atoms with Crippen molar-refractivity contribution >= 4 is 54.5 Å². The molecule has 0 unspecified atom stereocenters. The summed E-state index contributed by atoms with van der Waals surface area (Å²) < 4.78 is 17.2. The van der Waals surface area contributed by atoms with Gasteiger partial charge >= 0.3 is 7.95 Å². The highest BCUT2D eigenvalue weighted by Crippen LogP contribution is 2.48. The summed E-state index contributed by atoms with van der Waals surface area (Å²) in [6.07, 6.45) is 2.69. The molecule has 1 aromatic heterocycles. The molecular weight excluding hydrogens is 405 g/mol. The molecule has 24 heavy (non-hydrogen) atoms. The summed E-state index contributed by atoms with van der Waals surface area (Å²) in [5.74, 6) is 1.57. The molecule has 0 aliphatic heterocycles. The Hall–Kier alpha value is 0.307. The lowest BCUT2D eigenvalue weighted by Crippen LogP contribution is -2.42. The van der Waals surface area contributed by atoms with E-state index >= 15 is 0 Å². The monoisotopic (exact) mass is 430 g/mol. The van der Waals surface area contributed by atoms with Crippen molar-refractivity contribution in [1.29, 1.82) is 0 Å². The van der Waals surface area contributed by atoms with Gasteiger partial charge in [-0.15, -0.1) is 10.2 Å². The first-order valence-electron chi connectivity index (χ1n) is 7.59. The first kappa shape index (κ1) is 24.3. The van der Waals surface area contributed by atoms with E-state index in [1.54, 1.807) is 36.0 Å². The van der Waals surface area contributed by atoms with Crippen LogP contribution in [0.1, 0.15) is 34.1 Å². The Labute approximate surface area is 160 Å². The molecule has 0 aromatic carbocycles. The molecule has 0 saturated heterocycles. The van der Waals surface area contributed by atoms with Crippen molar-refractivity contribution in [2.75, 3.05) is 31.3 Å². The van der Waals surface area contributed by atoms with Gasteiger partial charge in [-0.1, -0.05) is 17.7 Å². The molecule has 2 N–H and O–H groups in total. The van der Waals surface area contributed by atoms with Crippen molar-refractivity contribution in [2.24, 2.45) is 0 Å². The smallest absolute Gasteiger partial charge is 0.382 e. The highest BCUT2D eigenvalue weighted by Gasteiger charge is 2.43. The summed E-state index contributed by atoms with van der Waals surface area (Å²) in [5.41, 5.74) is 5.14. The Bertz CT molecular complexity index is 381. The summed E-state index contributed by atoms with van der Waals surface area (Å²) >= 11 is 0. The van der Waals surface area contributed by atoms with Crippen molar-refractivity contribution in [2.45, 2.75) is 34.1 Å².